The Morgan fingerprint density at radius 1 is 1.15 bits per heavy atom. The van der Waals surface area contributed by atoms with E-state index in [0.29, 0.717) is 17.4 Å². The first-order valence-corrected chi connectivity index (χ1v) is 8.59. The number of hydrogen-bond acceptors (Lipinski definition) is 4. The second-order valence-corrected chi connectivity index (χ2v) is 6.37. The Hall–Kier alpha value is -2.86. The van der Waals surface area contributed by atoms with E-state index in [0.717, 1.165) is 24.0 Å². The number of rotatable bonds is 6. The molecule has 2 aromatic carbocycles. The van der Waals surface area contributed by atoms with E-state index in [9.17, 15) is 9.59 Å². The molecule has 0 atom stereocenters. The standard InChI is InChI=1S/C19H18ClN3O3/c20-15-3-1-2-14(10-15)12-26-17-8-4-13(5-9-17)11-21-23-19(25)18(24)22-16-6-7-16/h1-5,8-11,16H,6-7,12H2,(H,22,24)(H,23,25)/b21-11-. The highest BCUT2D eigenvalue weighted by Crippen LogP contribution is 2.18. The molecule has 0 saturated heterocycles. The molecule has 1 fully saturated rings. The summed E-state index contributed by atoms with van der Waals surface area (Å²) in [6, 6.07) is 14.8. The van der Waals surface area contributed by atoms with Crippen LogP contribution in [0.2, 0.25) is 5.02 Å². The van der Waals surface area contributed by atoms with Crippen molar-refractivity contribution in [3.8, 4) is 5.75 Å². The molecular weight excluding hydrogens is 354 g/mol. The van der Waals surface area contributed by atoms with Crippen molar-refractivity contribution in [1.29, 1.82) is 0 Å². The summed E-state index contributed by atoms with van der Waals surface area (Å²) >= 11 is 5.94. The van der Waals surface area contributed by atoms with Crippen LogP contribution in [0, 0.1) is 0 Å². The fraction of sp³-hybridized carbons (Fsp3) is 0.211. The van der Waals surface area contributed by atoms with Crippen molar-refractivity contribution >= 4 is 29.6 Å². The summed E-state index contributed by atoms with van der Waals surface area (Å²) in [5, 5.41) is 7.05. The average molecular weight is 372 g/mol. The van der Waals surface area contributed by atoms with Crippen molar-refractivity contribution in [2.45, 2.75) is 25.5 Å². The highest BCUT2D eigenvalue weighted by atomic mass is 35.5. The summed E-state index contributed by atoms with van der Waals surface area (Å²) in [5.74, 6) is -0.723. The monoisotopic (exact) mass is 371 g/mol. The maximum atomic E-state index is 11.5. The Bertz CT molecular complexity index is 817. The molecule has 2 N–H and O–H groups in total. The molecule has 0 spiro atoms. The molecule has 2 aromatic rings. The third-order valence-corrected chi connectivity index (χ3v) is 3.91. The summed E-state index contributed by atoms with van der Waals surface area (Å²) in [4.78, 5) is 23.0. The summed E-state index contributed by atoms with van der Waals surface area (Å²) in [6.07, 6.45) is 3.31. The van der Waals surface area contributed by atoms with Gasteiger partial charge in [0.05, 0.1) is 6.21 Å². The molecule has 0 bridgehead atoms. The van der Waals surface area contributed by atoms with Gasteiger partial charge in [0.25, 0.3) is 0 Å². The van der Waals surface area contributed by atoms with Crippen LogP contribution in [0.5, 0.6) is 5.75 Å². The maximum absolute atomic E-state index is 11.5. The average Bonchev–Trinajstić information content (AvgIpc) is 3.45. The van der Waals surface area contributed by atoms with Gasteiger partial charge in [0.2, 0.25) is 0 Å². The molecule has 1 aliphatic rings. The Morgan fingerprint density at radius 2 is 1.92 bits per heavy atom. The van der Waals surface area contributed by atoms with Gasteiger partial charge in [-0.2, -0.15) is 5.10 Å². The van der Waals surface area contributed by atoms with Crippen LogP contribution in [0.1, 0.15) is 24.0 Å². The Balaban J connectivity index is 1.46. The van der Waals surface area contributed by atoms with Gasteiger partial charge in [0.15, 0.2) is 0 Å². The number of carbonyl (C=O) groups is 2. The molecule has 7 heteroatoms. The SMILES string of the molecule is O=C(N/N=C\c1ccc(OCc2cccc(Cl)c2)cc1)C(=O)NC1CC1. The van der Waals surface area contributed by atoms with Gasteiger partial charge >= 0.3 is 11.8 Å². The molecule has 1 saturated carbocycles. The van der Waals surface area contributed by atoms with Crippen molar-refractivity contribution in [2.24, 2.45) is 5.10 Å². The van der Waals surface area contributed by atoms with Gasteiger partial charge in [-0.05, 0) is 60.4 Å². The molecule has 6 nitrogen and oxygen atoms in total. The first-order valence-electron chi connectivity index (χ1n) is 8.21. The molecule has 1 aliphatic carbocycles. The van der Waals surface area contributed by atoms with E-state index in [1.165, 1.54) is 6.21 Å². The van der Waals surface area contributed by atoms with Crippen molar-refractivity contribution in [1.82, 2.24) is 10.7 Å². The van der Waals surface area contributed by atoms with Crippen LogP contribution in [0.4, 0.5) is 0 Å². The highest BCUT2D eigenvalue weighted by Gasteiger charge is 2.26. The minimum Gasteiger partial charge on any atom is -0.489 e. The van der Waals surface area contributed by atoms with Gasteiger partial charge in [-0.3, -0.25) is 9.59 Å². The number of hydrazone groups is 1. The lowest BCUT2D eigenvalue weighted by Crippen LogP contribution is -2.38. The van der Waals surface area contributed by atoms with Gasteiger partial charge < -0.3 is 10.1 Å². The number of nitrogens with one attached hydrogen (secondary N) is 2. The summed E-state index contributed by atoms with van der Waals surface area (Å²) in [5.41, 5.74) is 3.95. The molecular formula is C19H18ClN3O3. The third kappa shape index (κ3) is 5.60. The van der Waals surface area contributed by atoms with E-state index >= 15 is 0 Å². The van der Waals surface area contributed by atoms with Crippen molar-refractivity contribution < 1.29 is 14.3 Å². The fourth-order valence-corrected chi connectivity index (χ4v) is 2.35. The highest BCUT2D eigenvalue weighted by molar-refractivity contribution is 6.35. The second-order valence-electron chi connectivity index (χ2n) is 5.93. The van der Waals surface area contributed by atoms with Crippen LogP contribution in [-0.4, -0.2) is 24.1 Å². The maximum Gasteiger partial charge on any atom is 0.329 e. The van der Waals surface area contributed by atoms with Gasteiger partial charge in [-0.1, -0.05) is 23.7 Å². The molecule has 0 aromatic heterocycles. The Kier molecular flexibility index (Phi) is 5.86. The van der Waals surface area contributed by atoms with Crippen molar-refractivity contribution in [3.05, 3.63) is 64.7 Å². The van der Waals surface area contributed by atoms with E-state index in [1.807, 2.05) is 24.3 Å². The molecule has 2 amide bonds. The van der Waals surface area contributed by atoms with Crippen molar-refractivity contribution in [3.63, 3.8) is 0 Å². The van der Waals surface area contributed by atoms with Crippen LogP contribution >= 0.6 is 11.6 Å². The zero-order chi connectivity index (χ0) is 18.4. The van der Waals surface area contributed by atoms with Gasteiger partial charge in [0, 0.05) is 11.1 Å². The van der Waals surface area contributed by atoms with Gasteiger partial charge in [-0.15, -0.1) is 0 Å². The number of ether oxygens (including phenoxy) is 1. The van der Waals surface area contributed by atoms with Crippen molar-refractivity contribution in [2.75, 3.05) is 0 Å². The predicted molar refractivity (Wildman–Crippen MR) is 99.1 cm³/mol. The first-order chi connectivity index (χ1) is 12.6. The molecule has 26 heavy (non-hydrogen) atoms. The second kappa shape index (κ2) is 8.49. The molecule has 0 unspecified atom stereocenters. The predicted octanol–water partition coefficient (Wildman–Crippen LogP) is 2.65. The zero-order valence-corrected chi connectivity index (χ0v) is 14.7. The van der Waals surface area contributed by atoms with E-state index in [4.69, 9.17) is 16.3 Å². The van der Waals surface area contributed by atoms with Gasteiger partial charge in [0.1, 0.15) is 12.4 Å². The number of benzene rings is 2. The van der Waals surface area contributed by atoms with Crippen LogP contribution in [0.3, 0.4) is 0 Å². The smallest absolute Gasteiger partial charge is 0.329 e. The fourth-order valence-electron chi connectivity index (χ4n) is 2.14. The van der Waals surface area contributed by atoms with Crippen LogP contribution in [-0.2, 0) is 16.2 Å². The Morgan fingerprint density at radius 3 is 2.62 bits per heavy atom. The number of amides is 2. The lowest BCUT2D eigenvalue weighted by Gasteiger charge is -2.06. The van der Waals surface area contributed by atoms with E-state index < -0.39 is 11.8 Å². The minimum absolute atomic E-state index is 0.136. The summed E-state index contributed by atoms with van der Waals surface area (Å²) in [6.45, 7) is 0.417. The van der Waals surface area contributed by atoms with E-state index in [2.05, 4.69) is 15.8 Å². The summed E-state index contributed by atoms with van der Waals surface area (Å²) in [7, 11) is 0. The zero-order valence-electron chi connectivity index (χ0n) is 13.9. The normalized spacial score (nSPS) is 13.4. The first kappa shape index (κ1) is 17.9. The minimum atomic E-state index is -0.769. The van der Waals surface area contributed by atoms with Crippen LogP contribution in [0.25, 0.3) is 0 Å². The Labute approximate surface area is 156 Å². The number of hydrogen-bond donors (Lipinski definition) is 2. The largest absolute Gasteiger partial charge is 0.489 e. The number of halogens is 1. The lowest BCUT2D eigenvalue weighted by atomic mass is 10.2. The lowest BCUT2D eigenvalue weighted by molar-refractivity contribution is -0.139. The molecule has 3 rings (SSSR count). The number of nitrogens with zero attached hydrogens (tertiary/aromatic N) is 1. The quantitative estimate of drug-likeness (QED) is 0.465. The molecule has 0 radical (unpaired) electrons. The molecule has 0 aliphatic heterocycles. The third-order valence-electron chi connectivity index (χ3n) is 3.67. The van der Waals surface area contributed by atoms with Gasteiger partial charge in [-0.25, -0.2) is 5.43 Å². The van der Waals surface area contributed by atoms with Crippen LogP contribution < -0.4 is 15.5 Å². The topological polar surface area (TPSA) is 79.8 Å². The summed E-state index contributed by atoms with van der Waals surface area (Å²) < 4.78 is 5.69. The van der Waals surface area contributed by atoms with Crippen LogP contribution in [0.15, 0.2) is 53.6 Å². The number of carbonyl (C=O) groups excluding carboxylic acids is 2. The molecule has 0 heterocycles. The van der Waals surface area contributed by atoms with E-state index in [1.54, 1.807) is 24.3 Å². The molecule has 134 valence electrons. The van der Waals surface area contributed by atoms with E-state index in [-0.39, 0.29) is 6.04 Å².